The molecule has 1 aliphatic heterocycles. The number of nitrogens with zero attached hydrogens (tertiary/aromatic N) is 2. The van der Waals surface area contributed by atoms with Crippen LogP contribution in [0.25, 0.3) is 0 Å². The Balaban J connectivity index is 2.09. The number of piperazine rings is 1. The van der Waals surface area contributed by atoms with Crippen molar-refractivity contribution in [2.24, 2.45) is 5.73 Å². The average Bonchev–Trinajstić information content (AvgIpc) is 2.41. The molecule has 0 amide bonds. The van der Waals surface area contributed by atoms with E-state index in [4.69, 9.17) is 23.1 Å². The molecule has 1 aromatic rings. The van der Waals surface area contributed by atoms with E-state index in [1.807, 2.05) is 6.07 Å². The van der Waals surface area contributed by atoms with E-state index in [1.54, 1.807) is 6.07 Å². The van der Waals surface area contributed by atoms with Gasteiger partial charge < -0.3 is 10.8 Å². The summed E-state index contributed by atoms with van der Waals surface area (Å²) in [5, 5.41) is 8.95. The number of benzene rings is 1. The molecule has 1 unspecified atom stereocenters. The molecule has 1 saturated heterocycles. The SMILES string of the molecule is NC(=S)C(c1cccc(F)c1)N1CCN(CCO)CC1. The first-order valence-electron chi connectivity index (χ1n) is 6.74. The van der Waals surface area contributed by atoms with Crippen molar-refractivity contribution in [3.63, 3.8) is 0 Å². The molecule has 0 spiro atoms. The number of β-amino-alcohol motifs (C(OH)–C–C–N with tert-alkyl or cyclic N) is 1. The number of aliphatic hydroxyl groups excluding tert-OH is 1. The topological polar surface area (TPSA) is 52.7 Å². The highest BCUT2D eigenvalue weighted by Gasteiger charge is 2.26. The molecule has 110 valence electrons. The summed E-state index contributed by atoms with van der Waals surface area (Å²) < 4.78 is 13.4. The van der Waals surface area contributed by atoms with Gasteiger partial charge in [0.05, 0.1) is 17.6 Å². The smallest absolute Gasteiger partial charge is 0.123 e. The highest BCUT2D eigenvalue weighted by molar-refractivity contribution is 7.80. The van der Waals surface area contributed by atoms with Crippen LogP contribution < -0.4 is 5.73 Å². The lowest BCUT2D eigenvalue weighted by Crippen LogP contribution is -2.50. The van der Waals surface area contributed by atoms with Crippen molar-refractivity contribution in [3.8, 4) is 0 Å². The molecule has 0 radical (unpaired) electrons. The molecule has 20 heavy (non-hydrogen) atoms. The highest BCUT2D eigenvalue weighted by atomic mass is 32.1. The minimum atomic E-state index is -0.275. The Morgan fingerprint density at radius 3 is 2.60 bits per heavy atom. The van der Waals surface area contributed by atoms with Crippen LogP contribution in [0.15, 0.2) is 24.3 Å². The Morgan fingerprint density at radius 2 is 2.05 bits per heavy atom. The van der Waals surface area contributed by atoms with E-state index in [0.717, 1.165) is 31.7 Å². The zero-order valence-electron chi connectivity index (χ0n) is 11.3. The Morgan fingerprint density at radius 1 is 1.35 bits per heavy atom. The number of thiocarbonyl (C=S) groups is 1. The van der Waals surface area contributed by atoms with E-state index in [0.29, 0.717) is 11.5 Å². The molecular formula is C14H20FN3OS. The number of hydrogen-bond donors (Lipinski definition) is 2. The molecular weight excluding hydrogens is 277 g/mol. The Kier molecular flexibility index (Phi) is 5.42. The molecule has 0 aliphatic carbocycles. The second-order valence-corrected chi connectivity index (χ2v) is 5.43. The highest BCUT2D eigenvalue weighted by Crippen LogP contribution is 2.23. The molecule has 1 atom stereocenters. The van der Waals surface area contributed by atoms with Gasteiger partial charge in [0.2, 0.25) is 0 Å². The van der Waals surface area contributed by atoms with Crippen molar-refractivity contribution in [3.05, 3.63) is 35.6 Å². The third-order valence-electron chi connectivity index (χ3n) is 3.62. The van der Waals surface area contributed by atoms with Crippen LogP contribution in [-0.2, 0) is 0 Å². The molecule has 0 bridgehead atoms. The summed E-state index contributed by atoms with van der Waals surface area (Å²) in [6, 6.07) is 6.21. The number of rotatable bonds is 5. The van der Waals surface area contributed by atoms with Gasteiger partial charge in [0, 0.05) is 32.7 Å². The standard InChI is InChI=1S/C14H20FN3OS/c15-12-3-1-2-11(10-12)13(14(16)20)18-6-4-17(5-7-18)8-9-19/h1-3,10,13,19H,4-9H2,(H2,16,20). The maximum Gasteiger partial charge on any atom is 0.123 e. The van der Waals surface area contributed by atoms with Crippen LogP contribution in [0.1, 0.15) is 11.6 Å². The van der Waals surface area contributed by atoms with Gasteiger partial charge in [-0.2, -0.15) is 0 Å². The van der Waals surface area contributed by atoms with Gasteiger partial charge in [-0.3, -0.25) is 9.80 Å². The van der Waals surface area contributed by atoms with Crippen LogP contribution in [0.4, 0.5) is 4.39 Å². The quantitative estimate of drug-likeness (QED) is 0.786. The predicted molar refractivity (Wildman–Crippen MR) is 81.0 cm³/mol. The molecule has 1 aromatic carbocycles. The fraction of sp³-hybridized carbons (Fsp3) is 0.500. The van der Waals surface area contributed by atoms with Crippen LogP contribution in [0.5, 0.6) is 0 Å². The average molecular weight is 297 g/mol. The van der Waals surface area contributed by atoms with Crippen LogP contribution >= 0.6 is 12.2 Å². The van der Waals surface area contributed by atoms with Crippen molar-refractivity contribution < 1.29 is 9.50 Å². The van der Waals surface area contributed by atoms with Crippen molar-refractivity contribution in [2.45, 2.75) is 6.04 Å². The largest absolute Gasteiger partial charge is 0.395 e. The number of aliphatic hydroxyl groups is 1. The van der Waals surface area contributed by atoms with Crippen molar-refractivity contribution in [2.75, 3.05) is 39.3 Å². The number of halogens is 1. The van der Waals surface area contributed by atoms with Crippen LogP contribution in [0.2, 0.25) is 0 Å². The van der Waals surface area contributed by atoms with Crippen LogP contribution in [0, 0.1) is 5.82 Å². The van der Waals surface area contributed by atoms with Gasteiger partial charge in [0.15, 0.2) is 0 Å². The maximum atomic E-state index is 13.4. The Labute approximate surface area is 124 Å². The first kappa shape index (κ1) is 15.3. The summed E-state index contributed by atoms with van der Waals surface area (Å²) >= 11 is 5.16. The fourth-order valence-corrected chi connectivity index (χ4v) is 2.90. The first-order chi connectivity index (χ1) is 9.61. The summed E-state index contributed by atoms with van der Waals surface area (Å²) in [5.74, 6) is -0.275. The van der Waals surface area contributed by atoms with Gasteiger partial charge in [0.25, 0.3) is 0 Å². The molecule has 4 nitrogen and oxygen atoms in total. The zero-order valence-corrected chi connectivity index (χ0v) is 12.2. The van der Waals surface area contributed by atoms with E-state index in [2.05, 4.69) is 9.80 Å². The second-order valence-electron chi connectivity index (χ2n) is 4.96. The van der Waals surface area contributed by atoms with Crippen LogP contribution in [0.3, 0.4) is 0 Å². The van der Waals surface area contributed by atoms with E-state index in [9.17, 15) is 4.39 Å². The molecule has 3 N–H and O–H groups in total. The first-order valence-corrected chi connectivity index (χ1v) is 7.14. The van der Waals surface area contributed by atoms with Crippen LogP contribution in [-0.4, -0.2) is 59.2 Å². The summed E-state index contributed by atoms with van der Waals surface area (Å²) in [6.45, 7) is 4.18. The van der Waals surface area contributed by atoms with E-state index >= 15 is 0 Å². The lowest BCUT2D eigenvalue weighted by atomic mass is 10.0. The minimum Gasteiger partial charge on any atom is -0.395 e. The second kappa shape index (κ2) is 7.08. The molecule has 2 rings (SSSR count). The summed E-state index contributed by atoms with van der Waals surface area (Å²) in [5.41, 5.74) is 6.66. The van der Waals surface area contributed by atoms with Gasteiger partial charge in [0.1, 0.15) is 5.82 Å². The summed E-state index contributed by atoms with van der Waals surface area (Å²) in [7, 11) is 0. The third kappa shape index (κ3) is 3.73. The maximum absolute atomic E-state index is 13.4. The van der Waals surface area contributed by atoms with Gasteiger partial charge in [-0.05, 0) is 17.7 Å². The lowest BCUT2D eigenvalue weighted by molar-refractivity contribution is 0.101. The fourth-order valence-electron chi connectivity index (χ4n) is 2.62. The van der Waals surface area contributed by atoms with E-state index < -0.39 is 0 Å². The van der Waals surface area contributed by atoms with Crippen molar-refractivity contribution in [1.29, 1.82) is 0 Å². The Hall–Kier alpha value is -1.08. The minimum absolute atomic E-state index is 0.169. The van der Waals surface area contributed by atoms with Gasteiger partial charge in [-0.15, -0.1) is 0 Å². The van der Waals surface area contributed by atoms with Crippen molar-refractivity contribution >= 4 is 17.2 Å². The van der Waals surface area contributed by atoms with Gasteiger partial charge in [-0.1, -0.05) is 24.4 Å². The van der Waals surface area contributed by atoms with E-state index in [-0.39, 0.29) is 18.5 Å². The van der Waals surface area contributed by atoms with E-state index in [1.165, 1.54) is 12.1 Å². The molecule has 0 saturated carbocycles. The number of hydrogen-bond acceptors (Lipinski definition) is 4. The third-order valence-corrected chi connectivity index (χ3v) is 3.85. The normalized spacial score (nSPS) is 18.9. The molecule has 1 fully saturated rings. The molecule has 6 heteroatoms. The summed E-state index contributed by atoms with van der Waals surface area (Å²) in [6.07, 6.45) is 0. The predicted octanol–water partition coefficient (Wildman–Crippen LogP) is 0.763. The lowest BCUT2D eigenvalue weighted by Gasteiger charge is -2.38. The molecule has 0 aromatic heterocycles. The Bertz CT molecular complexity index is 463. The van der Waals surface area contributed by atoms with Gasteiger partial charge >= 0.3 is 0 Å². The zero-order chi connectivity index (χ0) is 14.5. The van der Waals surface area contributed by atoms with Gasteiger partial charge in [-0.25, -0.2) is 4.39 Å². The number of nitrogens with two attached hydrogens (primary N) is 1. The monoisotopic (exact) mass is 297 g/mol. The molecule has 1 aliphatic rings. The van der Waals surface area contributed by atoms with Crippen molar-refractivity contribution in [1.82, 2.24) is 9.80 Å². The summed E-state index contributed by atoms with van der Waals surface area (Å²) in [4.78, 5) is 4.73. The molecule has 1 heterocycles.